The lowest BCUT2D eigenvalue weighted by Gasteiger charge is -2.35. The molecule has 0 aliphatic rings. The van der Waals surface area contributed by atoms with E-state index in [1.165, 1.54) is 0 Å². The van der Waals surface area contributed by atoms with Crippen molar-refractivity contribution in [2.75, 3.05) is 10.7 Å². The summed E-state index contributed by atoms with van der Waals surface area (Å²) >= 11 is 6.91. The van der Waals surface area contributed by atoms with Gasteiger partial charge >= 0.3 is 8.25 Å². The van der Waals surface area contributed by atoms with Crippen LogP contribution < -0.4 is 0 Å². The van der Waals surface area contributed by atoms with Crippen molar-refractivity contribution in [3.05, 3.63) is 0 Å². The van der Waals surface area contributed by atoms with Crippen LogP contribution in [0.25, 0.3) is 0 Å². The highest BCUT2D eigenvalue weighted by molar-refractivity contribution is 9.09. The van der Waals surface area contributed by atoms with Gasteiger partial charge in [-0.15, -0.1) is 0 Å². The van der Waals surface area contributed by atoms with Crippen molar-refractivity contribution in [1.82, 2.24) is 0 Å². The fraction of sp³-hybridized carbons (Fsp3) is 1.00. The normalized spacial score (nSPS) is 13.2. The van der Waals surface area contributed by atoms with Crippen LogP contribution in [0.2, 0.25) is 0 Å². The van der Waals surface area contributed by atoms with Gasteiger partial charge in [0.1, 0.15) is 0 Å². The molecule has 0 atom stereocenters. The van der Waals surface area contributed by atoms with E-state index in [4.69, 9.17) is 9.05 Å². The number of alkyl halides is 2. The number of hydrogen-bond donors (Lipinski definition) is 0. The molecule has 0 aromatic rings. The highest BCUT2D eigenvalue weighted by Gasteiger charge is 2.33. The maximum atomic E-state index is 12.4. The molecule has 0 fully saturated rings. The third kappa shape index (κ3) is 6.48. The van der Waals surface area contributed by atoms with Crippen LogP contribution >= 0.6 is 40.1 Å². The van der Waals surface area contributed by atoms with Crippen molar-refractivity contribution in [2.24, 2.45) is 0 Å². The van der Waals surface area contributed by atoms with E-state index < -0.39 is 8.25 Å². The quantitative estimate of drug-likeness (QED) is 0.274. The summed E-state index contributed by atoms with van der Waals surface area (Å²) in [5.74, 6) is 0. The van der Waals surface area contributed by atoms with Crippen LogP contribution in [0.5, 0.6) is 0 Å². The first-order valence-corrected chi connectivity index (χ1v) is 11.0. The van der Waals surface area contributed by atoms with Gasteiger partial charge in [-0.25, -0.2) is 0 Å². The average Bonchev–Trinajstić information content (AvgIpc) is 2.46. The van der Waals surface area contributed by atoms with Gasteiger partial charge in [0, 0.05) is 10.7 Å². The molecule has 0 aromatic heterocycles. The molecule has 6 heteroatoms. The van der Waals surface area contributed by atoms with E-state index in [9.17, 15) is 4.57 Å². The maximum absolute atomic E-state index is 12.4. The largest absolute Gasteiger partial charge is 0.320 e. The molecule has 0 spiro atoms. The molecule has 0 aromatic carbocycles. The van der Waals surface area contributed by atoms with Crippen LogP contribution in [0.4, 0.5) is 0 Å². The molecule has 0 rings (SSSR count). The standard InChI is InChI=1S/C14H29Br2O3P/c1-5-13(6-2,9-11-15)18-20(17)19-14(7-3,8-4)10-12-16/h20H,5-12H2,1-4H3. The van der Waals surface area contributed by atoms with E-state index in [-0.39, 0.29) is 11.2 Å². The summed E-state index contributed by atoms with van der Waals surface area (Å²) in [6.45, 7) is 8.30. The molecule has 0 aliphatic heterocycles. The lowest BCUT2D eigenvalue weighted by molar-refractivity contribution is 0.000974. The van der Waals surface area contributed by atoms with Gasteiger partial charge in [0.2, 0.25) is 0 Å². The zero-order valence-electron chi connectivity index (χ0n) is 13.1. The lowest BCUT2D eigenvalue weighted by atomic mass is 9.95. The highest BCUT2D eigenvalue weighted by Crippen LogP contribution is 2.43. The van der Waals surface area contributed by atoms with Gasteiger partial charge in [-0.1, -0.05) is 59.6 Å². The molecule has 0 N–H and O–H groups in total. The van der Waals surface area contributed by atoms with Gasteiger partial charge in [0.05, 0.1) is 11.2 Å². The number of halogens is 2. The van der Waals surface area contributed by atoms with Crippen molar-refractivity contribution in [3.8, 4) is 0 Å². The molecule has 0 heterocycles. The average molecular weight is 436 g/mol. The SMILES string of the molecule is CCC(CC)(CCBr)O[PH](=O)OC(CC)(CC)CCBr. The molecule has 0 radical (unpaired) electrons. The smallest absolute Gasteiger partial charge is 0.304 e. The first kappa shape index (κ1) is 21.1. The van der Waals surface area contributed by atoms with Gasteiger partial charge in [-0.2, -0.15) is 0 Å². The number of hydrogen-bond acceptors (Lipinski definition) is 3. The van der Waals surface area contributed by atoms with Crippen molar-refractivity contribution >= 4 is 40.1 Å². The second kappa shape index (κ2) is 10.8. The van der Waals surface area contributed by atoms with Crippen LogP contribution in [-0.2, 0) is 13.6 Å². The third-order valence-corrected chi connectivity index (χ3v) is 6.27. The summed E-state index contributed by atoms with van der Waals surface area (Å²) in [4.78, 5) is 0. The molecule has 3 nitrogen and oxygen atoms in total. The van der Waals surface area contributed by atoms with E-state index in [0.29, 0.717) is 0 Å². The van der Waals surface area contributed by atoms with Crippen molar-refractivity contribution < 1.29 is 13.6 Å². The second-order valence-corrected chi connectivity index (χ2v) is 7.61. The van der Waals surface area contributed by atoms with Crippen LogP contribution in [0, 0.1) is 0 Å². The molecule has 122 valence electrons. The van der Waals surface area contributed by atoms with E-state index in [0.717, 1.165) is 49.2 Å². The molecular weight excluding hydrogens is 407 g/mol. The second-order valence-electron chi connectivity index (χ2n) is 5.11. The molecule has 0 saturated carbocycles. The lowest BCUT2D eigenvalue weighted by Crippen LogP contribution is -2.33. The van der Waals surface area contributed by atoms with E-state index in [1.54, 1.807) is 0 Å². The van der Waals surface area contributed by atoms with Crippen molar-refractivity contribution in [1.29, 1.82) is 0 Å². The number of rotatable bonds is 12. The topological polar surface area (TPSA) is 35.5 Å². The van der Waals surface area contributed by atoms with Crippen molar-refractivity contribution in [2.45, 2.75) is 77.4 Å². The Morgan fingerprint density at radius 1 is 0.800 bits per heavy atom. The predicted molar refractivity (Wildman–Crippen MR) is 94.6 cm³/mol. The Bertz CT molecular complexity index is 254. The van der Waals surface area contributed by atoms with E-state index >= 15 is 0 Å². The molecule has 20 heavy (non-hydrogen) atoms. The van der Waals surface area contributed by atoms with Crippen LogP contribution in [0.1, 0.15) is 66.2 Å². The Morgan fingerprint density at radius 3 is 1.30 bits per heavy atom. The first-order valence-electron chi connectivity index (χ1n) is 7.50. The first-order chi connectivity index (χ1) is 9.46. The summed E-state index contributed by atoms with van der Waals surface area (Å²) in [5.41, 5.74) is -0.664. The monoisotopic (exact) mass is 434 g/mol. The molecule has 0 bridgehead atoms. The molecule has 0 amide bonds. The highest BCUT2D eigenvalue weighted by atomic mass is 79.9. The summed E-state index contributed by atoms with van der Waals surface area (Å²) in [6.07, 6.45) is 5.08. The Hall–Kier alpha value is 1.11. The third-order valence-electron chi connectivity index (χ3n) is 4.28. The molecule has 0 saturated heterocycles. The minimum absolute atomic E-state index is 0.332. The van der Waals surface area contributed by atoms with Crippen LogP contribution in [0.15, 0.2) is 0 Å². The Balaban J connectivity index is 4.80. The Kier molecular flexibility index (Phi) is 11.4. The minimum Gasteiger partial charge on any atom is -0.304 e. The van der Waals surface area contributed by atoms with E-state index in [1.807, 2.05) is 0 Å². The van der Waals surface area contributed by atoms with Gasteiger partial charge in [-0.05, 0) is 38.5 Å². The minimum atomic E-state index is -2.49. The van der Waals surface area contributed by atoms with Crippen LogP contribution in [-0.4, -0.2) is 21.9 Å². The Labute approximate surface area is 141 Å². The van der Waals surface area contributed by atoms with Gasteiger partial charge in [0.15, 0.2) is 0 Å². The summed E-state index contributed by atoms with van der Waals surface area (Å²) in [6, 6.07) is 0. The van der Waals surface area contributed by atoms with Gasteiger partial charge in [0.25, 0.3) is 0 Å². The maximum Gasteiger partial charge on any atom is 0.320 e. The summed E-state index contributed by atoms with van der Waals surface area (Å²) < 4.78 is 24.1. The zero-order valence-corrected chi connectivity index (χ0v) is 17.3. The fourth-order valence-corrected chi connectivity index (χ4v) is 5.29. The fourth-order valence-electron chi connectivity index (χ4n) is 2.32. The molecule has 0 aliphatic carbocycles. The van der Waals surface area contributed by atoms with Gasteiger partial charge < -0.3 is 9.05 Å². The Morgan fingerprint density at radius 2 is 1.10 bits per heavy atom. The van der Waals surface area contributed by atoms with Crippen molar-refractivity contribution in [3.63, 3.8) is 0 Å². The summed E-state index contributed by atoms with van der Waals surface area (Å²) in [5, 5.41) is 1.69. The van der Waals surface area contributed by atoms with E-state index in [2.05, 4.69) is 59.6 Å². The predicted octanol–water partition coefficient (Wildman–Crippen LogP) is 6.10. The van der Waals surface area contributed by atoms with Crippen LogP contribution in [0.3, 0.4) is 0 Å². The summed E-state index contributed by atoms with van der Waals surface area (Å²) in [7, 11) is -2.49. The zero-order chi connectivity index (χ0) is 15.6. The molecular formula is C14H29Br2O3P. The van der Waals surface area contributed by atoms with Gasteiger partial charge in [-0.3, -0.25) is 4.57 Å². The molecule has 0 unspecified atom stereocenters.